The van der Waals surface area contributed by atoms with Crippen LogP contribution in [0.2, 0.25) is 0 Å². The zero-order valence-corrected chi connectivity index (χ0v) is 15.4. The highest BCUT2D eigenvalue weighted by atomic mass is 16.5. The zero-order chi connectivity index (χ0) is 18.5. The van der Waals surface area contributed by atoms with Gasteiger partial charge >= 0.3 is 6.03 Å². The predicted molar refractivity (Wildman–Crippen MR) is 91.4 cm³/mol. The van der Waals surface area contributed by atoms with Crippen molar-refractivity contribution in [1.82, 2.24) is 25.5 Å². The molecule has 1 aliphatic rings. The van der Waals surface area contributed by atoms with E-state index >= 15 is 0 Å². The van der Waals surface area contributed by atoms with Crippen LogP contribution in [-0.2, 0) is 17.7 Å². The second-order valence-electron chi connectivity index (χ2n) is 6.46. The molecule has 1 aliphatic heterocycles. The molecule has 0 spiro atoms. The van der Waals surface area contributed by atoms with Gasteiger partial charge in [-0.3, -0.25) is 0 Å². The van der Waals surface area contributed by atoms with Crippen LogP contribution in [0, 0.1) is 13.8 Å². The van der Waals surface area contributed by atoms with Gasteiger partial charge in [0.2, 0.25) is 5.89 Å². The number of nitrogens with zero attached hydrogens (tertiary/aromatic N) is 4. The van der Waals surface area contributed by atoms with Crippen molar-refractivity contribution >= 4 is 6.03 Å². The van der Waals surface area contributed by atoms with Crippen molar-refractivity contribution < 1.29 is 18.6 Å². The van der Waals surface area contributed by atoms with Crippen molar-refractivity contribution in [3.05, 3.63) is 28.7 Å². The molecule has 26 heavy (non-hydrogen) atoms. The maximum Gasteiger partial charge on any atom is 0.318 e. The second-order valence-corrected chi connectivity index (χ2v) is 6.46. The van der Waals surface area contributed by atoms with E-state index in [4.69, 9.17) is 13.8 Å². The molecule has 1 fully saturated rings. The number of amides is 2. The van der Waals surface area contributed by atoms with Crippen molar-refractivity contribution in [3.8, 4) is 0 Å². The molecule has 3 rings (SSSR count). The number of carbonyl (C=O) groups excluding carboxylic acids is 1. The van der Waals surface area contributed by atoms with E-state index in [1.807, 2.05) is 13.8 Å². The number of hydrogen-bond donors (Lipinski definition) is 1. The summed E-state index contributed by atoms with van der Waals surface area (Å²) < 4.78 is 15.6. The molecule has 0 bridgehead atoms. The Balaban J connectivity index is 1.66. The van der Waals surface area contributed by atoms with Gasteiger partial charge in [-0.25, -0.2) is 4.79 Å². The quantitative estimate of drug-likeness (QED) is 0.839. The first-order chi connectivity index (χ1) is 12.6. The largest absolute Gasteiger partial charge is 0.384 e. The van der Waals surface area contributed by atoms with Crippen LogP contribution in [0.25, 0.3) is 0 Å². The summed E-state index contributed by atoms with van der Waals surface area (Å²) in [6.45, 7) is 5.28. The summed E-state index contributed by atoms with van der Waals surface area (Å²) in [4.78, 5) is 18.9. The minimum atomic E-state index is -0.197. The second kappa shape index (κ2) is 8.31. The lowest BCUT2D eigenvalue weighted by Crippen LogP contribution is -2.44. The fourth-order valence-electron chi connectivity index (χ4n) is 3.15. The summed E-state index contributed by atoms with van der Waals surface area (Å²) in [5.74, 6) is 1.81. The number of likely N-dealkylation sites (tertiary alicyclic amines) is 1. The normalized spacial score (nSPS) is 17.5. The smallest absolute Gasteiger partial charge is 0.318 e. The van der Waals surface area contributed by atoms with E-state index in [9.17, 15) is 4.79 Å². The van der Waals surface area contributed by atoms with E-state index in [2.05, 4.69) is 20.6 Å². The van der Waals surface area contributed by atoms with E-state index in [-0.39, 0.29) is 12.1 Å². The molecule has 0 aliphatic carbocycles. The zero-order valence-electron chi connectivity index (χ0n) is 15.4. The first kappa shape index (κ1) is 18.4. The number of piperidine rings is 1. The van der Waals surface area contributed by atoms with Gasteiger partial charge in [-0.2, -0.15) is 4.98 Å². The lowest BCUT2D eigenvalue weighted by Gasteiger charge is -2.33. The molecule has 9 heteroatoms. The van der Waals surface area contributed by atoms with Crippen LogP contribution in [-0.4, -0.2) is 46.5 Å². The molecule has 0 unspecified atom stereocenters. The van der Waals surface area contributed by atoms with Crippen LogP contribution in [0.15, 0.2) is 9.05 Å². The molecule has 1 atom stereocenters. The Bertz CT molecular complexity index is 722. The van der Waals surface area contributed by atoms with E-state index in [0.717, 1.165) is 36.3 Å². The fraction of sp³-hybridized carbons (Fsp3) is 0.647. The Hall–Kier alpha value is -2.42. The molecule has 9 nitrogen and oxygen atoms in total. The third-order valence-electron chi connectivity index (χ3n) is 4.66. The molecule has 2 amide bonds. The number of ether oxygens (including phenoxy) is 1. The fourth-order valence-corrected chi connectivity index (χ4v) is 3.15. The minimum Gasteiger partial charge on any atom is -0.384 e. The third kappa shape index (κ3) is 4.04. The highest BCUT2D eigenvalue weighted by Gasteiger charge is 2.32. The molecule has 1 saturated heterocycles. The van der Waals surface area contributed by atoms with Gasteiger partial charge in [0.25, 0.3) is 0 Å². The van der Waals surface area contributed by atoms with Crippen LogP contribution >= 0.6 is 0 Å². The summed E-state index contributed by atoms with van der Waals surface area (Å²) in [5.41, 5.74) is 1.70. The summed E-state index contributed by atoms with van der Waals surface area (Å²) in [5, 5.41) is 10.9. The number of hydrogen-bond acceptors (Lipinski definition) is 7. The summed E-state index contributed by atoms with van der Waals surface area (Å²) in [6, 6.07) is -0.344. The monoisotopic (exact) mass is 363 g/mol. The minimum absolute atomic E-state index is 0.147. The maximum atomic E-state index is 12.7. The topological polar surface area (TPSA) is 107 Å². The lowest BCUT2D eigenvalue weighted by molar-refractivity contribution is 0.131. The highest BCUT2D eigenvalue weighted by molar-refractivity contribution is 5.74. The molecule has 1 N–H and O–H groups in total. The first-order valence-electron chi connectivity index (χ1n) is 8.87. The Labute approximate surface area is 152 Å². The van der Waals surface area contributed by atoms with E-state index in [1.165, 1.54) is 0 Å². The lowest BCUT2D eigenvalue weighted by atomic mass is 10.0. The molecule has 0 aromatic carbocycles. The van der Waals surface area contributed by atoms with Gasteiger partial charge in [0.15, 0.2) is 5.82 Å². The van der Waals surface area contributed by atoms with Crippen LogP contribution in [0.5, 0.6) is 0 Å². The molecule has 2 aromatic rings. The van der Waals surface area contributed by atoms with Gasteiger partial charge in [-0.15, -0.1) is 0 Å². The van der Waals surface area contributed by atoms with Crippen molar-refractivity contribution in [2.45, 2.75) is 52.1 Å². The summed E-state index contributed by atoms with van der Waals surface area (Å²) in [7, 11) is 1.63. The molecule has 0 radical (unpaired) electrons. The molecule has 3 heterocycles. The van der Waals surface area contributed by atoms with Crippen molar-refractivity contribution in [2.24, 2.45) is 0 Å². The predicted octanol–water partition coefficient (Wildman–Crippen LogP) is 2.30. The standard InChI is InChI=1S/C17H25N5O4/c1-11-13(12(2)25-20-11)10-18-17(23)22-8-5-4-6-14(22)16-19-15(21-26-16)7-9-24-3/h14H,4-10H2,1-3H3,(H,18,23)/t14-/m1/s1. The number of carbonyl (C=O) groups is 1. The van der Waals surface area contributed by atoms with E-state index < -0.39 is 0 Å². The molecular formula is C17H25N5O4. The van der Waals surface area contributed by atoms with Gasteiger partial charge in [-0.1, -0.05) is 10.3 Å². The van der Waals surface area contributed by atoms with Gasteiger partial charge in [-0.05, 0) is 33.1 Å². The summed E-state index contributed by atoms with van der Waals surface area (Å²) >= 11 is 0. The molecule has 0 saturated carbocycles. The average molecular weight is 363 g/mol. The number of aryl methyl sites for hydroxylation is 2. The average Bonchev–Trinajstić information content (AvgIpc) is 3.25. The van der Waals surface area contributed by atoms with Crippen molar-refractivity contribution in [1.29, 1.82) is 0 Å². The van der Waals surface area contributed by atoms with Crippen LogP contribution in [0.4, 0.5) is 4.79 Å². The van der Waals surface area contributed by atoms with E-state index in [1.54, 1.807) is 12.0 Å². The maximum absolute atomic E-state index is 12.7. The molecule has 142 valence electrons. The molecular weight excluding hydrogens is 338 g/mol. The number of rotatable bonds is 6. The van der Waals surface area contributed by atoms with Crippen LogP contribution < -0.4 is 5.32 Å². The Morgan fingerprint density at radius 1 is 1.31 bits per heavy atom. The number of aromatic nitrogens is 3. The Morgan fingerprint density at radius 3 is 2.88 bits per heavy atom. The SMILES string of the molecule is COCCc1noc([C@H]2CCCCN2C(=O)NCc2c(C)noc2C)n1. The first-order valence-corrected chi connectivity index (χ1v) is 8.87. The summed E-state index contributed by atoms with van der Waals surface area (Å²) in [6.07, 6.45) is 3.38. The van der Waals surface area contributed by atoms with Crippen LogP contribution in [0.1, 0.15) is 54.0 Å². The van der Waals surface area contributed by atoms with Gasteiger partial charge in [0.05, 0.1) is 12.3 Å². The van der Waals surface area contributed by atoms with Gasteiger partial charge in [0, 0.05) is 32.2 Å². The number of methoxy groups -OCH3 is 1. The van der Waals surface area contributed by atoms with E-state index in [0.29, 0.717) is 37.8 Å². The van der Waals surface area contributed by atoms with Gasteiger partial charge < -0.3 is 24.0 Å². The van der Waals surface area contributed by atoms with Crippen LogP contribution in [0.3, 0.4) is 0 Å². The third-order valence-corrected chi connectivity index (χ3v) is 4.66. The number of nitrogens with one attached hydrogen (secondary N) is 1. The van der Waals surface area contributed by atoms with Crippen molar-refractivity contribution in [2.75, 3.05) is 20.3 Å². The number of urea groups is 1. The Morgan fingerprint density at radius 2 is 2.15 bits per heavy atom. The highest BCUT2D eigenvalue weighted by Crippen LogP contribution is 2.30. The molecule has 2 aromatic heterocycles. The van der Waals surface area contributed by atoms with Gasteiger partial charge in [0.1, 0.15) is 11.8 Å². The Kier molecular flexibility index (Phi) is 5.87. The van der Waals surface area contributed by atoms with Crippen molar-refractivity contribution in [3.63, 3.8) is 0 Å².